The second-order valence-electron chi connectivity index (χ2n) is 0.350. The van der Waals surface area contributed by atoms with Gasteiger partial charge >= 0.3 is 30.8 Å². The molecule has 0 atom stereocenters. The van der Waals surface area contributed by atoms with Crippen molar-refractivity contribution < 1.29 is 56.6 Å². The van der Waals surface area contributed by atoms with Crippen LogP contribution in [0.3, 0.4) is 0 Å². The first kappa shape index (κ1) is 10.3. The smallest absolute Gasteiger partial charge is 0 e. The maximum absolute atomic E-state index is 9.90. The maximum atomic E-state index is 9.90. The second kappa shape index (κ2) is 3.30. The average Bonchev–Trinajstić information content (AvgIpc) is 0.722. The summed E-state index contributed by atoms with van der Waals surface area (Å²) in [5, 5.41) is 0. The summed E-state index contributed by atoms with van der Waals surface area (Å²) in [5.74, 6) is 0. The van der Waals surface area contributed by atoms with E-state index in [1.165, 1.54) is 0 Å². The molecule has 6 heavy (non-hydrogen) atoms. The van der Waals surface area contributed by atoms with Crippen LogP contribution in [0.5, 0.6) is 0 Å². The zero-order chi connectivity index (χ0) is 4.50. The Morgan fingerprint density at radius 2 is 0.833 bits per heavy atom. The molecule has 0 N–H and O–H groups in total. The van der Waals surface area contributed by atoms with Gasteiger partial charge in [0, 0.05) is 25.8 Å². The molecular weight excluding hydrogens is 438 g/mol. The molecule has 0 radical (unpaired) electrons. The van der Waals surface area contributed by atoms with Gasteiger partial charge in [0.2, 0.25) is 0 Å². The summed E-state index contributed by atoms with van der Waals surface area (Å²) < 4.78 is 39.6. The van der Waals surface area contributed by atoms with Gasteiger partial charge in [0.1, 0.15) is 0 Å². The van der Waals surface area contributed by atoms with Crippen LogP contribution in [0, 0.1) is 0 Å². The van der Waals surface area contributed by atoms with E-state index in [-0.39, 0.29) is 25.8 Å². The molecule has 0 spiro atoms. The minimum atomic E-state index is -7.17. The molecule has 0 aliphatic rings. The summed E-state index contributed by atoms with van der Waals surface area (Å²) >= 11 is -7.17. The van der Waals surface area contributed by atoms with E-state index >= 15 is 0 Å². The molecule has 0 aromatic carbocycles. The van der Waals surface area contributed by atoms with Crippen LogP contribution in [-0.2, 0) is 44.0 Å². The maximum Gasteiger partial charge on any atom is 0 e. The molecule has 0 bridgehead atoms. The van der Waals surface area contributed by atoms with Gasteiger partial charge in [0.05, 0.1) is 0 Å². The van der Waals surface area contributed by atoms with Crippen molar-refractivity contribution in [1.29, 1.82) is 0 Å². The molecular formula is F4HfW. The molecule has 0 saturated heterocycles. The third-order valence-electron chi connectivity index (χ3n) is 0. The van der Waals surface area contributed by atoms with Crippen LogP contribution in [0.1, 0.15) is 0 Å². The van der Waals surface area contributed by atoms with Crippen LogP contribution >= 0.6 is 0 Å². The summed E-state index contributed by atoms with van der Waals surface area (Å²) in [7, 11) is 0. The summed E-state index contributed by atoms with van der Waals surface area (Å²) in [6.45, 7) is 0. The van der Waals surface area contributed by atoms with Crippen molar-refractivity contribution in [2.24, 2.45) is 0 Å². The van der Waals surface area contributed by atoms with E-state index in [0.29, 0.717) is 0 Å². The number of halogens is 4. The van der Waals surface area contributed by atoms with Crippen LogP contribution in [-0.4, -0.2) is 0 Å². The molecule has 0 aliphatic carbocycles. The Morgan fingerprint density at radius 3 is 0.833 bits per heavy atom. The van der Waals surface area contributed by atoms with Gasteiger partial charge in [-0.2, -0.15) is 0 Å². The zero-order valence-corrected chi connectivity index (χ0v) is 8.95. The van der Waals surface area contributed by atoms with Crippen molar-refractivity contribution in [2.45, 2.75) is 0 Å². The third kappa shape index (κ3) is 59.1. The third-order valence-corrected chi connectivity index (χ3v) is 0. The molecule has 6 heteroatoms. The van der Waals surface area contributed by atoms with Crippen molar-refractivity contribution in [1.82, 2.24) is 0 Å². The Balaban J connectivity index is 0. The molecule has 0 fully saturated rings. The van der Waals surface area contributed by atoms with Crippen LogP contribution < -0.4 is 0 Å². The number of hydrogen-bond donors (Lipinski definition) is 0. The van der Waals surface area contributed by atoms with Crippen LogP contribution in [0.2, 0.25) is 0 Å². The van der Waals surface area contributed by atoms with E-state index in [1.807, 2.05) is 0 Å². The Hall–Kier alpha value is 1.28. The van der Waals surface area contributed by atoms with Gasteiger partial charge in [-0.3, -0.25) is 0 Å². The monoisotopic (exact) mass is 440 g/mol. The minimum Gasteiger partial charge on any atom is 0 e. The molecule has 0 aromatic heterocycles. The molecule has 38 valence electrons. The van der Waals surface area contributed by atoms with Gasteiger partial charge < -0.3 is 0 Å². The largest absolute Gasteiger partial charge is 0 e. The second-order valence-corrected chi connectivity index (χ2v) is 2.86. The SMILES string of the molecule is [F][W]([F])([F])[F].[Hf]. The molecule has 0 nitrogen and oxygen atoms in total. The summed E-state index contributed by atoms with van der Waals surface area (Å²) in [5.41, 5.74) is 0. The predicted molar refractivity (Wildman–Crippen MR) is 4.43 cm³/mol. The van der Waals surface area contributed by atoms with E-state index in [0.717, 1.165) is 0 Å². The predicted octanol–water partition coefficient (Wildman–Crippen LogP) is 1.68. The molecule has 0 aliphatic heterocycles. The number of rotatable bonds is 0. The molecule has 0 rings (SSSR count). The number of hydrogen-bond acceptors (Lipinski definition) is 0. The van der Waals surface area contributed by atoms with E-state index in [1.54, 1.807) is 0 Å². The normalized spacial score (nSPS) is 12.7. The van der Waals surface area contributed by atoms with Gasteiger partial charge in [-0.05, 0) is 0 Å². The standard InChI is InChI=1S/4FH.Hf.W/h4*1H;;/q;;;;;+4/p-4. The van der Waals surface area contributed by atoms with Gasteiger partial charge in [-0.1, -0.05) is 0 Å². The van der Waals surface area contributed by atoms with Crippen LogP contribution in [0.4, 0.5) is 12.6 Å². The fraction of sp³-hybridized carbons (Fsp3) is 0. The van der Waals surface area contributed by atoms with Crippen molar-refractivity contribution in [3.63, 3.8) is 0 Å². The van der Waals surface area contributed by atoms with E-state index < -0.39 is 18.2 Å². The first-order chi connectivity index (χ1) is 2.00. The molecule has 0 heterocycles. The molecule has 0 unspecified atom stereocenters. The fourth-order valence-corrected chi connectivity index (χ4v) is 0. The van der Waals surface area contributed by atoms with Crippen molar-refractivity contribution in [3.8, 4) is 0 Å². The van der Waals surface area contributed by atoms with Gasteiger partial charge in [0.15, 0.2) is 0 Å². The zero-order valence-electron chi connectivity index (χ0n) is 2.42. The summed E-state index contributed by atoms with van der Waals surface area (Å²) in [6.07, 6.45) is 0. The minimum absolute atomic E-state index is 0. The topological polar surface area (TPSA) is 0 Å². The average molecular weight is 438 g/mol. The van der Waals surface area contributed by atoms with Gasteiger partial charge in [0.25, 0.3) is 0 Å². The Labute approximate surface area is 56.5 Å². The fourth-order valence-electron chi connectivity index (χ4n) is 0. The molecule has 0 aromatic rings. The van der Waals surface area contributed by atoms with Gasteiger partial charge in [-0.15, -0.1) is 0 Å². The van der Waals surface area contributed by atoms with Crippen LogP contribution in [0.15, 0.2) is 0 Å². The Bertz CT molecular complexity index is 23.0. The van der Waals surface area contributed by atoms with Crippen molar-refractivity contribution in [3.05, 3.63) is 0 Å². The van der Waals surface area contributed by atoms with Gasteiger partial charge in [-0.25, -0.2) is 0 Å². The Kier molecular flexibility index (Phi) is 5.67. The summed E-state index contributed by atoms with van der Waals surface area (Å²) in [6, 6.07) is 0. The summed E-state index contributed by atoms with van der Waals surface area (Å²) in [4.78, 5) is 0. The molecule has 0 amide bonds. The van der Waals surface area contributed by atoms with E-state index in [4.69, 9.17) is 0 Å². The molecule has 0 saturated carbocycles. The van der Waals surface area contributed by atoms with E-state index in [9.17, 15) is 12.6 Å². The first-order valence-electron chi connectivity index (χ1n) is 0.617. The van der Waals surface area contributed by atoms with Crippen molar-refractivity contribution >= 4 is 0 Å². The first-order valence-corrected chi connectivity index (χ1v) is 5.05. The quantitative estimate of drug-likeness (QED) is 0.399. The van der Waals surface area contributed by atoms with Crippen molar-refractivity contribution in [2.75, 3.05) is 0 Å². The Morgan fingerprint density at radius 1 is 0.833 bits per heavy atom. The van der Waals surface area contributed by atoms with E-state index in [2.05, 4.69) is 0 Å². The van der Waals surface area contributed by atoms with Crippen LogP contribution in [0.25, 0.3) is 0 Å².